The number of amides is 1. The summed E-state index contributed by atoms with van der Waals surface area (Å²) in [6, 6.07) is 11.5. The van der Waals surface area contributed by atoms with Crippen molar-refractivity contribution < 1.29 is 22.7 Å². The number of rotatable bonds is 5. The molecule has 1 amide bonds. The van der Waals surface area contributed by atoms with Gasteiger partial charge in [-0.25, -0.2) is 0 Å². The molecule has 2 aromatic carbocycles. The summed E-state index contributed by atoms with van der Waals surface area (Å²) in [6.45, 7) is 1.63. The van der Waals surface area contributed by atoms with E-state index in [1.54, 1.807) is 50.4 Å². The van der Waals surface area contributed by atoms with Gasteiger partial charge in [-0.15, -0.1) is 0 Å². The van der Waals surface area contributed by atoms with Gasteiger partial charge in [-0.3, -0.25) is 4.79 Å². The zero-order valence-corrected chi connectivity index (χ0v) is 13.8. The number of methoxy groups -OCH3 is 1. The maximum atomic E-state index is 12.7. The number of ether oxygens (including phenoxy) is 1. The van der Waals surface area contributed by atoms with Gasteiger partial charge in [0.2, 0.25) is 5.91 Å². The summed E-state index contributed by atoms with van der Waals surface area (Å²) in [4.78, 5) is 12.0. The molecule has 2 rings (SSSR count). The molecule has 0 bridgehead atoms. The Hall–Kier alpha value is -2.76. The van der Waals surface area contributed by atoms with Gasteiger partial charge in [0.05, 0.1) is 18.7 Å². The minimum absolute atomic E-state index is 0.388. The van der Waals surface area contributed by atoms with Crippen molar-refractivity contribution in [2.24, 2.45) is 0 Å². The van der Waals surface area contributed by atoms with Gasteiger partial charge in [-0.05, 0) is 48.4 Å². The van der Waals surface area contributed by atoms with E-state index in [0.717, 1.165) is 17.7 Å². The lowest BCUT2D eigenvalue weighted by Crippen LogP contribution is -2.24. The summed E-state index contributed by atoms with van der Waals surface area (Å²) in [5, 5.41) is 2.65. The van der Waals surface area contributed by atoms with Crippen molar-refractivity contribution in [3.05, 3.63) is 71.3 Å². The molecule has 0 saturated heterocycles. The van der Waals surface area contributed by atoms with Crippen LogP contribution in [0.1, 0.15) is 29.7 Å². The lowest BCUT2D eigenvalue weighted by atomic mass is 10.0. The highest BCUT2D eigenvalue weighted by Gasteiger charge is 2.30. The fraction of sp³-hybridized carbons (Fsp3) is 0.211. The minimum atomic E-state index is -4.41. The van der Waals surface area contributed by atoms with Gasteiger partial charge < -0.3 is 10.1 Å². The summed E-state index contributed by atoms with van der Waals surface area (Å²) in [5.74, 6) is 0.320. The molecule has 25 heavy (non-hydrogen) atoms. The Morgan fingerprint density at radius 3 is 2.44 bits per heavy atom. The third-order valence-corrected chi connectivity index (χ3v) is 3.62. The Kier molecular flexibility index (Phi) is 5.85. The number of carbonyl (C=O) groups is 1. The first-order valence-electron chi connectivity index (χ1n) is 7.59. The second-order valence-corrected chi connectivity index (χ2v) is 5.46. The highest BCUT2D eigenvalue weighted by Crippen LogP contribution is 2.30. The second kappa shape index (κ2) is 7.88. The zero-order chi connectivity index (χ0) is 18.4. The van der Waals surface area contributed by atoms with Crippen LogP contribution in [0, 0.1) is 0 Å². The first-order chi connectivity index (χ1) is 11.8. The summed E-state index contributed by atoms with van der Waals surface area (Å²) in [7, 11) is 1.56. The van der Waals surface area contributed by atoms with Gasteiger partial charge in [0.25, 0.3) is 0 Å². The quantitative estimate of drug-likeness (QED) is 0.801. The monoisotopic (exact) mass is 349 g/mol. The van der Waals surface area contributed by atoms with Crippen molar-refractivity contribution in [2.75, 3.05) is 7.11 Å². The van der Waals surface area contributed by atoms with E-state index >= 15 is 0 Å². The van der Waals surface area contributed by atoms with Crippen LogP contribution >= 0.6 is 0 Å². The van der Waals surface area contributed by atoms with E-state index in [2.05, 4.69) is 5.32 Å². The molecule has 1 N–H and O–H groups in total. The van der Waals surface area contributed by atoms with Crippen LogP contribution in [0.2, 0.25) is 0 Å². The lowest BCUT2D eigenvalue weighted by Gasteiger charge is -2.15. The fourth-order valence-electron chi connectivity index (χ4n) is 2.22. The molecule has 0 aliphatic heterocycles. The Labute approximate surface area is 144 Å². The largest absolute Gasteiger partial charge is 0.497 e. The average molecular weight is 349 g/mol. The molecule has 0 fully saturated rings. The second-order valence-electron chi connectivity index (χ2n) is 5.46. The van der Waals surface area contributed by atoms with Crippen molar-refractivity contribution in [1.29, 1.82) is 0 Å². The fourth-order valence-corrected chi connectivity index (χ4v) is 2.22. The van der Waals surface area contributed by atoms with Crippen LogP contribution in [-0.4, -0.2) is 13.0 Å². The molecular weight excluding hydrogens is 331 g/mol. The van der Waals surface area contributed by atoms with Crippen LogP contribution in [-0.2, 0) is 11.0 Å². The number of benzene rings is 2. The number of hydrogen-bond acceptors (Lipinski definition) is 2. The van der Waals surface area contributed by atoms with Crippen LogP contribution in [0.15, 0.2) is 54.6 Å². The average Bonchev–Trinajstić information content (AvgIpc) is 2.59. The smallest absolute Gasteiger partial charge is 0.416 e. The molecule has 0 saturated carbocycles. The Morgan fingerprint density at radius 1 is 1.16 bits per heavy atom. The van der Waals surface area contributed by atoms with E-state index in [-0.39, 0.29) is 5.91 Å². The Bertz CT molecular complexity index is 752. The normalized spacial score (nSPS) is 12.8. The van der Waals surface area contributed by atoms with Crippen molar-refractivity contribution >= 4 is 12.0 Å². The van der Waals surface area contributed by atoms with E-state index in [1.807, 2.05) is 0 Å². The van der Waals surface area contributed by atoms with Crippen LogP contribution in [0.4, 0.5) is 13.2 Å². The number of nitrogens with one attached hydrogen (secondary N) is 1. The molecule has 0 aliphatic carbocycles. The first kappa shape index (κ1) is 18.6. The summed E-state index contributed by atoms with van der Waals surface area (Å²) in [6.07, 6.45) is -1.45. The minimum Gasteiger partial charge on any atom is -0.497 e. The third kappa shape index (κ3) is 5.38. The maximum Gasteiger partial charge on any atom is 0.416 e. The predicted molar refractivity (Wildman–Crippen MR) is 90.0 cm³/mol. The van der Waals surface area contributed by atoms with Gasteiger partial charge in [0.1, 0.15) is 5.75 Å². The molecule has 6 heteroatoms. The number of hydrogen-bond donors (Lipinski definition) is 1. The van der Waals surface area contributed by atoms with Gasteiger partial charge >= 0.3 is 6.18 Å². The number of alkyl halides is 3. The molecule has 1 unspecified atom stereocenters. The topological polar surface area (TPSA) is 38.3 Å². The molecule has 132 valence electrons. The molecule has 3 nitrogen and oxygen atoms in total. The number of halogens is 3. The lowest BCUT2D eigenvalue weighted by molar-refractivity contribution is -0.137. The SMILES string of the molecule is COc1ccc(/C=C/C(=O)NC(C)c2cccc(C(F)(F)F)c2)cc1. The van der Waals surface area contributed by atoms with Crippen molar-refractivity contribution in [3.8, 4) is 5.75 Å². The van der Waals surface area contributed by atoms with E-state index in [4.69, 9.17) is 4.74 Å². The summed E-state index contributed by atoms with van der Waals surface area (Å²) >= 11 is 0. The van der Waals surface area contributed by atoms with E-state index < -0.39 is 17.8 Å². The van der Waals surface area contributed by atoms with Crippen LogP contribution in [0.5, 0.6) is 5.75 Å². The molecular formula is C19H18F3NO2. The van der Waals surface area contributed by atoms with Crippen LogP contribution in [0.25, 0.3) is 6.08 Å². The highest BCUT2D eigenvalue weighted by molar-refractivity contribution is 5.92. The first-order valence-corrected chi connectivity index (χ1v) is 7.59. The highest BCUT2D eigenvalue weighted by atomic mass is 19.4. The molecule has 0 radical (unpaired) electrons. The van der Waals surface area contributed by atoms with Crippen molar-refractivity contribution in [1.82, 2.24) is 5.32 Å². The molecule has 2 aromatic rings. The number of carbonyl (C=O) groups excluding carboxylic acids is 1. The summed E-state index contributed by atoms with van der Waals surface area (Å²) < 4.78 is 43.3. The summed E-state index contributed by atoms with van der Waals surface area (Å²) in [5.41, 5.74) is 0.462. The molecule has 0 heterocycles. The van der Waals surface area contributed by atoms with Gasteiger partial charge in [0, 0.05) is 6.08 Å². The van der Waals surface area contributed by atoms with Crippen LogP contribution < -0.4 is 10.1 Å². The Balaban J connectivity index is 2.01. The van der Waals surface area contributed by atoms with Crippen LogP contribution in [0.3, 0.4) is 0 Å². The zero-order valence-electron chi connectivity index (χ0n) is 13.8. The van der Waals surface area contributed by atoms with Crippen molar-refractivity contribution in [2.45, 2.75) is 19.1 Å². The molecule has 0 aromatic heterocycles. The molecule has 1 atom stereocenters. The molecule has 0 spiro atoms. The third-order valence-electron chi connectivity index (χ3n) is 3.62. The predicted octanol–water partition coefficient (Wildman–Crippen LogP) is 4.60. The van der Waals surface area contributed by atoms with E-state index in [1.165, 1.54) is 12.1 Å². The Morgan fingerprint density at radius 2 is 1.84 bits per heavy atom. The standard InChI is InChI=1S/C19H18F3NO2/c1-13(15-4-3-5-16(12-15)19(20,21)22)23-18(24)11-8-14-6-9-17(25-2)10-7-14/h3-13H,1-2H3,(H,23,24)/b11-8+. The van der Waals surface area contributed by atoms with Gasteiger partial charge in [-0.1, -0.05) is 24.3 Å². The van der Waals surface area contributed by atoms with E-state index in [0.29, 0.717) is 11.3 Å². The van der Waals surface area contributed by atoms with Gasteiger partial charge in [-0.2, -0.15) is 13.2 Å². The molecule has 0 aliphatic rings. The van der Waals surface area contributed by atoms with Crippen molar-refractivity contribution in [3.63, 3.8) is 0 Å². The van der Waals surface area contributed by atoms with Gasteiger partial charge in [0.15, 0.2) is 0 Å². The van der Waals surface area contributed by atoms with E-state index in [9.17, 15) is 18.0 Å². The maximum absolute atomic E-state index is 12.7.